The predicted molar refractivity (Wildman–Crippen MR) is 102 cm³/mol. The van der Waals surface area contributed by atoms with Gasteiger partial charge in [0.1, 0.15) is 0 Å². The number of likely N-dealkylation sites (tertiary alicyclic amines) is 2. The molecule has 0 radical (unpaired) electrons. The molecule has 4 rings (SSSR count). The van der Waals surface area contributed by atoms with Gasteiger partial charge in [0.25, 0.3) is 0 Å². The molecule has 2 aromatic rings. The predicted octanol–water partition coefficient (Wildman–Crippen LogP) is 0.539. The van der Waals surface area contributed by atoms with Crippen LogP contribution >= 0.6 is 11.5 Å². The first-order valence-corrected chi connectivity index (χ1v) is 10.6. The molecule has 2 aliphatic heterocycles. The number of amides is 2. The van der Waals surface area contributed by atoms with Crippen molar-refractivity contribution in [3.05, 3.63) is 23.0 Å². The summed E-state index contributed by atoms with van der Waals surface area (Å²) in [6, 6.07) is 0. The Hall–Kier alpha value is -2.36. The number of carbonyl (C=O) groups is 2. The van der Waals surface area contributed by atoms with Crippen molar-refractivity contribution in [1.29, 1.82) is 0 Å². The minimum Gasteiger partial charge on any atom is -0.342 e. The fourth-order valence-corrected chi connectivity index (χ4v) is 4.68. The fraction of sp³-hybridized carbons (Fsp3) is 0.667. The third-order valence-electron chi connectivity index (χ3n) is 5.80. The zero-order chi connectivity index (χ0) is 19.5. The van der Waals surface area contributed by atoms with Gasteiger partial charge >= 0.3 is 0 Å². The molecule has 2 saturated heterocycles. The smallest absolute Gasteiger partial charge is 0.228 e. The van der Waals surface area contributed by atoms with Crippen LogP contribution in [0.25, 0.3) is 0 Å². The van der Waals surface area contributed by atoms with Gasteiger partial charge in [0.15, 0.2) is 0 Å². The Kier molecular flexibility index (Phi) is 5.65. The Balaban J connectivity index is 1.25. The van der Waals surface area contributed by atoms with Crippen LogP contribution < -0.4 is 0 Å². The van der Waals surface area contributed by atoms with Crippen molar-refractivity contribution >= 4 is 23.3 Å². The zero-order valence-electron chi connectivity index (χ0n) is 16.0. The second-order valence-electron chi connectivity index (χ2n) is 7.73. The fourth-order valence-electron chi connectivity index (χ4n) is 4.23. The number of aryl methyl sites for hydroxylation is 2. The molecule has 10 heteroatoms. The summed E-state index contributed by atoms with van der Waals surface area (Å²) in [6.45, 7) is 3.14. The van der Waals surface area contributed by atoms with Crippen LogP contribution in [0.1, 0.15) is 30.7 Å². The van der Waals surface area contributed by atoms with Crippen molar-refractivity contribution in [3.8, 4) is 0 Å². The first kappa shape index (κ1) is 19.0. The maximum atomic E-state index is 12.6. The van der Waals surface area contributed by atoms with Crippen LogP contribution in [0.3, 0.4) is 0 Å². The van der Waals surface area contributed by atoms with E-state index in [1.54, 1.807) is 4.68 Å². The van der Waals surface area contributed by atoms with Gasteiger partial charge in [-0.25, -0.2) is 0 Å². The summed E-state index contributed by atoms with van der Waals surface area (Å²) in [5, 5.41) is 13.8. The Labute approximate surface area is 167 Å². The van der Waals surface area contributed by atoms with Crippen molar-refractivity contribution in [2.45, 2.75) is 32.1 Å². The summed E-state index contributed by atoms with van der Waals surface area (Å²) < 4.78 is 5.48. The van der Waals surface area contributed by atoms with Crippen molar-refractivity contribution in [2.75, 3.05) is 26.2 Å². The third-order valence-corrected chi connectivity index (χ3v) is 6.36. The van der Waals surface area contributed by atoms with Gasteiger partial charge in [-0.1, -0.05) is 9.70 Å². The van der Waals surface area contributed by atoms with Gasteiger partial charge < -0.3 is 9.80 Å². The van der Waals surface area contributed by atoms with E-state index >= 15 is 0 Å². The Bertz CT molecular complexity index is 806. The lowest BCUT2D eigenvalue weighted by molar-refractivity contribution is -0.132. The SMILES string of the molecule is Cn1cc(CCC(=O)N2C[C@H]3CCN(C(=O)Cc4csnn4)CC[C@H]3C2)nn1. The summed E-state index contributed by atoms with van der Waals surface area (Å²) in [4.78, 5) is 29.1. The lowest BCUT2D eigenvalue weighted by Gasteiger charge is -2.22. The van der Waals surface area contributed by atoms with Gasteiger partial charge in [-0.15, -0.1) is 10.2 Å². The van der Waals surface area contributed by atoms with Crippen LogP contribution in [0.15, 0.2) is 11.6 Å². The monoisotopic (exact) mass is 403 g/mol. The summed E-state index contributed by atoms with van der Waals surface area (Å²) in [5.74, 6) is 1.30. The average Bonchev–Trinajstić information content (AvgIpc) is 3.40. The van der Waals surface area contributed by atoms with Crippen molar-refractivity contribution in [2.24, 2.45) is 18.9 Å². The molecule has 4 heterocycles. The molecule has 0 aliphatic carbocycles. The summed E-state index contributed by atoms with van der Waals surface area (Å²) in [5.41, 5.74) is 1.60. The van der Waals surface area contributed by atoms with Gasteiger partial charge in [-0.2, -0.15) is 0 Å². The maximum Gasteiger partial charge on any atom is 0.228 e. The first-order chi connectivity index (χ1) is 13.6. The van der Waals surface area contributed by atoms with Crippen molar-refractivity contribution in [3.63, 3.8) is 0 Å². The van der Waals surface area contributed by atoms with Gasteiger partial charge in [-0.05, 0) is 36.2 Å². The molecule has 0 unspecified atom stereocenters. The average molecular weight is 404 g/mol. The van der Waals surface area contributed by atoms with E-state index in [1.165, 1.54) is 11.5 Å². The van der Waals surface area contributed by atoms with Crippen LogP contribution in [0.4, 0.5) is 0 Å². The summed E-state index contributed by atoms with van der Waals surface area (Å²) in [6.07, 6.45) is 5.21. The van der Waals surface area contributed by atoms with E-state index in [0.29, 0.717) is 31.1 Å². The minimum absolute atomic E-state index is 0.129. The summed E-state index contributed by atoms with van der Waals surface area (Å²) >= 11 is 1.27. The van der Waals surface area contributed by atoms with E-state index in [4.69, 9.17) is 0 Å². The number of carbonyl (C=O) groups excluding carboxylic acids is 2. The molecule has 0 N–H and O–H groups in total. The quantitative estimate of drug-likeness (QED) is 0.723. The van der Waals surface area contributed by atoms with Crippen LogP contribution in [0.5, 0.6) is 0 Å². The Morgan fingerprint density at radius 1 is 1.07 bits per heavy atom. The maximum absolute atomic E-state index is 12.6. The molecule has 0 aromatic carbocycles. The highest BCUT2D eigenvalue weighted by molar-refractivity contribution is 7.03. The highest BCUT2D eigenvalue weighted by Crippen LogP contribution is 2.32. The summed E-state index contributed by atoms with van der Waals surface area (Å²) in [7, 11) is 1.83. The van der Waals surface area contributed by atoms with Gasteiger partial charge in [0, 0.05) is 57.6 Å². The first-order valence-electron chi connectivity index (χ1n) is 9.75. The molecule has 2 fully saturated rings. The number of rotatable bonds is 5. The van der Waals surface area contributed by atoms with Crippen LogP contribution in [-0.2, 0) is 29.5 Å². The number of nitrogens with zero attached hydrogens (tertiary/aromatic N) is 7. The molecule has 9 nitrogen and oxygen atoms in total. The molecule has 0 spiro atoms. The Morgan fingerprint density at radius 3 is 2.43 bits per heavy atom. The molecule has 2 amide bonds. The molecule has 150 valence electrons. The molecule has 2 atom stereocenters. The lowest BCUT2D eigenvalue weighted by atomic mass is 9.92. The van der Waals surface area contributed by atoms with E-state index in [9.17, 15) is 9.59 Å². The topological polar surface area (TPSA) is 97.1 Å². The number of hydrogen-bond acceptors (Lipinski definition) is 7. The standard InChI is InChI=1S/C18H25N7O2S/c1-23-11-15(19-21-23)2-3-17(26)25-9-13-4-6-24(7-5-14(13)10-25)18(27)8-16-12-28-22-20-16/h11-14H,2-10H2,1H3/t13-,14+. The number of aromatic nitrogens is 5. The molecule has 2 aliphatic rings. The van der Waals surface area contributed by atoms with E-state index in [1.807, 2.05) is 28.4 Å². The van der Waals surface area contributed by atoms with E-state index < -0.39 is 0 Å². The molecule has 0 bridgehead atoms. The Morgan fingerprint density at radius 2 is 1.82 bits per heavy atom. The van der Waals surface area contributed by atoms with E-state index in [2.05, 4.69) is 19.9 Å². The minimum atomic E-state index is 0.129. The molecular formula is C18H25N7O2S. The van der Waals surface area contributed by atoms with Gasteiger partial charge in [0.05, 0.1) is 17.8 Å². The van der Waals surface area contributed by atoms with Crippen molar-refractivity contribution < 1.29 is 9.59 Å². The second kappa shape index (κ2) is 8.34. The lowest BCUT2D eigenvalue weighted by Crippen LogP contribution is -2.35. The zero-order valence-corrected chi connectivity index (χ0v) is 16.8. The van der Waals surface area contributed by atoms with Crippen LogP contribution in [0.2, 0.25) is 0 Å². The van der Waals surface area contributed by atoms with Crippen molar-refractivity contribution in [1.82, 2.24) is 34.4 Å². The van der Waals surface area contributed by atoms with E-state index in [-0.39, 0.29) is 11.8 Å². The van der Waals surface area contributed by atoms with Crippen LogP contribution in [0, 0.1) is 11.8 Å². The third kappa shape index (κ3) is 4.37. The molecule has 2 aromatic heterocycles. The number of fused-ring (bicyclic) bond motifs is 1. The normalized spacial score (nSPS) is 22.2. The highest BCUT2D eigenvalue weighted by Gasteiger charge is 2.37. The molecule has 0 saturated carbocycles. The van der Waals surface area contributed by atoms with E-state index in [0.717, 1.165) is 50.4 Å². The van der Waals surface area contributed by atoms with Gasteiger partial charge in [0.2, 0.25) is 11.8 Å². The van der Waals surface area contributed by atoms with Crippen LogP contribution in [-0.4, -0.2) is 72.4 Å². The largest absolute Gasteiger partial charge is 0.342 e. The molecular weight excluding hydrogens is 378 g/mol. The molecule has 28 heavy (non-hydrogen) atoms. The number of hydrogen-bond donors (Lipinski definition) is 0. The second-order valence-corrected chi connectivity index (χ2v) is 8.34. The van der Waals surface area contributed by atoms with Gasteiger partial charge in [-0.3, -0.25) is 14.3 Å². The highest BCUT2D eigenvalue weighted by atomic mass is 32.1.